The fourth-order valence-electron chi connectivity index (χ4n) is 3.49. The van der Waals surface area contributed by atoms with Crippen LogP contribution in [0.5, 0.6) is 0 Å². The molecule has 0 aromatic heterocycles. The summed E-state index contributed by atoms with van der Waals surface area (Å²) in [6, 6.07) is 16.8. The standard InChI is InChI=1S/C29H16F6/c1-2-18-3-5-19(6-4-18)7-8-20-10-14-24-23(15-20)13-12-22(28(24)32)11-9-21-16-25(30)27(26(31)17-21)29(33,34)35/h3-6,10,12-17H,2H2,1H3. The molecule has 4 rings (SSSR count). The molecule has 0 nitrogen and oxygen atoms in total. The largest absolute Gasteiger partial charge is 0.422 e. The number of fused-ring (bicyclic) bond motifs is 1. The van der Waals surface area contributed by atoms with E-state index in [2.05, 4.69) is 30.6 Å². The summed E-state index contributed by atoms with van der Waals surface area (Å²) in [6.45, 7) is 2.07. The molecule has 0 atom stereocenters. The highest BCUT2D eigenvalue weighted by molar-refractivity contribution is 5.86. The van der Waals surface area contributed by atoms with Crippen LogP contribution in [0.3, 0.4) is 0 Å². The van der Waals surface area contributed by atoms with E-state index in [1.54, 1.807) is 24.3 Å². The summed E-state index contributed by atoms with van der Waals surface area (Å²) in [6.07, 6.45) is -4.23. The van der Waals surface area contributed by atoms with Crippen LogP contribution < -0.4 is 0 Å². The van der Waals surface area contributed by atoms with Crippen molar-refractivity contribution in [2.45, 2.75) is 19.5 Å². The van der Waals surface area contributed by atoms with Gasteiger partial charge in [-0.3, -0.25) is 0 Å². The van der Waals surface area contributed by atoms with E-state index in [0.717, 1.165) is 12.0 Å². The van der Waals surface area contributed by atoms with Gasteiger partial charge in [-0.15, -0.1) is 0 Å². The van der Waals surface area contributed by atoms with Crippen molar-refractivity contribution < 1.29 is 26.3 Å². The number of alkyl halides is 3. The topological polar surface area (TPSA) is 0 Å². The van der Waals surface area contributed by atoms with Gasteiger partial charge in [-0.1, -0.05) is 54.9 Å². The van der Waals surface area contributed by atoms with E-state index in [0.29, 0.717) is 23.1 Å². The molecule has 0 saturated carbocycles. The highest BCUT2D eigenvalue weighted by Gasteiger charge is 2.37. The second-order valence-corrected chi connectivity index (χ2v) is 7.73. The summed E-state index contributed by atoms with van der Waals surface area (Å²) in [7, 11) is 0. The van der Waals surface area contributed by atoms with Gasteiger partial charge in [-0.2, -0.15) is 13.2 Å². The molecule has 0 fully saturated rings. The average molecular weight is 478 g/mol. The Kier molecular flexibility index (Phi) is 6.58. The molecule has 6 heteroatoms. The van der Waals surface area contributed by atoms with Gasteiger partial charge in [0.15, 0.2) is 0 Å². The van der Waals surface area contributed by atoms with E-state index >= 15 is 0 Å². The van der Waals surface area contributed by atoms with Crippen molar-refractivity contribution in [3.8, 4) is 23.7 Å². The second kappa shape index (κ2) is 9.60. The summed E-state index contributed by atoms with van der Waals surface area (Å²) in [4.78, 5) is 0. The zero-order valence-corrected chi connectivity index (χ0v) is 18.3. The van der Waals surface area contributed by atoms with Gasteiger partial charge < -0.3 is 0 Å². The maximum Gasteiger partial charge on any atom is 0.422 e. The molecule has 0 heterocycles. The second-order valence-electron chi connectivity index (χ2n) is 7.73. The Morgan fingerprint density at radius 1 is 0.657 bits per heavy atom. The van der Waals surface area contributed by atoms with Crippen molar-refractivity contribution in [2.24, 2.45) is 0 Å². The Balaban J connectivity index is 1.62. The molecule has 0 unspecified atom stereocenters. The van der Waals surface area contributed by atoms with E-state index < -0.39 is 29.2 Å². The molecular formula is C29H16F6. The van der Waals surface area contributed by atoms with Crippen molar-refractivity contribution in [1.82, 2.24) is 0 Å². The number of aryl methyl sites for hydroxylation is 1. The Bertz CT molecular complexity index is 1520. The first-order valence-electron chi connectivity index (χ1n) is 10.6. The molecule has 174 valence electrons. The first kappa shape index (κ1) is 24.0. The molecule has 0 saturated heterocycles. The van der Waals surface area contributed by atoms with Crippen molar-refractivity contribution in [3.05, 3.63) is 118 Å². The minimum Gasteiger partial charge on any atom is -0.206 e. The lowest BCUT2D eigenvalue weighted by molar-refractivity contribution is -0.142. The van der Waals surface area contributed by atoms with Crippen LogP contribution in [-0.2, 0) is 12.6 Å². The summed E-state index contributed by atoms with van der Waals surface area (Å²) in [5, 5.41) is 0.840. The third-order valence-electron chi connectivity index (χ3n) is 5.33. The molecule has 0 bridgehead atoms. The molecule has 0 amide bonds. The van der Waals surface area contributed by atoms with E-state index in [-0.39, 0.29) is 16.5 Å². The van der Waals surface area contributed by atoms with Gasteiger partial charge in [0, 0.05) is 22.1 Å². The average Bonchev–Trinajstić information content (AvgIpc) is 2.81. The lowest BCUT2D eigenvalue weighted by Crippen LogP contribution is -2.11. The summed E-state index contributed by atoms with van der Waals surface area (Å²) >= 11 is 0. The van der Waals surface area contributed by atoms with Crippen LogP contribution in [0.4, 0.5) is 26.3 Å². The maximum atomic E-state index is 15.0. The van der Waals surface area contributed by atoms with Crippen molar-refractivity contribution >= 4 is 10.8 Å². The quantitative estimate of drug-likeness (QED) is 0.195. The van der Waals surface area contributed by atoms with Crippen LogP contribution in [0.25, 0.3) is 10.8 Å². The van der Waals surface area contributed by atoms with E-state index in [1.165, 1.54) is 11.6 Å². The van der Waals surface area contributed by atoms with Crippen LogP contribution in [0.2, 0.25) is 0 Å². The molecule has 35 heavy (non-hydrogen) atoms. The zero-order chi connectivity index (χ0) is 25.2. The molecular weight excluding hydrogens is 462 g/mol. The smallest absolute Gasteiger partial charge is 0.206 e. The maximum absolute atomic E-state index is 15.0. The number of hydrogen-bond donors (Lipinski definition) is 0. The number of rotatable bonds is 1. The van der Waals surface area contributed by atoms with Gasteiger partial charge in [0.25, 0.3) is 0 Å². The highest BCUT2D eigenvalue weighted by Crippen LogP contribution is 2.34. The third-order valence-corrected chi connectivity index (χ3v) is 5.33. The van der Waals surface area contributed by atoms with Gasteiger partial charge in [0.2, 0.25) is 0 Å². The summed E-state index contributed by atoms with van der Waals surface area (Å²) in [5.74, 6) is 6.65. The zero-order valence-electron chi connectivity index (χ0n) is 18.3. The Morgan fingerprint density at radius 2 is 1.26 bits per heavy atom. The fraction of sp³-hybridized carbons (Fsp3) is 0.103. The molecule has 0 N–H and O–H groups in total. The van der Waals surface area contributed by atoms with E-state index in [1.807, 2.05) is 24.3 Å². The van der Waals surface area contributed by atoms with Crippen molar-refractivity contribution in [3.63, 3.8) is 0 Å². The molecule has 4 aromatic carbocycles. The van der Waals surface area contributed by atoms with Gasteiger partial charge in [-0.05, 0) is 59.8 Å². The van der Waals surface area contributed by atoms with E-state index in [9.17, 15) is 26.3 Å². The Hall–Kier alpha value is -4.16. The molecule has 0 aliphatic heterocycles. The minimum absolute atomic E-state index is 0.0620. The van der Waals surface area contributed by atoms with Crippen LogP contribution in [0, 0.1) is 41.1 Å². The molecule has 0 spiro atoms. The summed E-state index contributed by atoms with van der Waals surface area (Å²) in [5.41, 5.74) is 0.362. The third kappa shape index (κ3) is 5.34. The van der Waals surface area contributed by atoms with Gasteiger partial charge in [0.05, 0.1) is 5.56 Å². The van der Waals surface area contributed by atoms with Crippen LogP contribution in [0.15, 0.2) is 66.7 Å². The predicted molar refractivity (Wildman–Crippen MR) is 123 cm³/mol. The normalized spacial score (nSPS) is 10.9. The molecule has 4 aromatic rings. The minimum atomic E-state index is -5.17. The molecule has 0 radical (unpaired) electrons. The Morgan fingerprint density at radius 3 is 1.89 bits per heavy atom. The van der Waals surface area contributed by atoms with Crippen LogP contribution in [-0.4, -0.2) is 0 Å². The van der Waals surface area contributed by atoms with Gasteiger partial charge in [0.1, 0.15) is 23.0 Å². The highest BCUT2D eigenvalue weighted by atomic mass is 19.4. The lowest BCUT2D eigenvalue weighted by Gasteiger charge is -2.09. The molecule has 0 aliphatic carbocycles. The monoisotopic (exact) mass is 478 g/mol. The Labute approximate surface area is 198 Å². The first-order valence-corrected chi connectivity index (χ1v) is 10.6. The number of benzene rings is 4. The summed E-state index contributed by atoms with van der Waals surface area (Å²) < 4.78 is 80.6. The van der Waals surface area contributed by atoms with Crippen molar-refractivity contribution in [1.29, 1.82) is 0 Å². The van der Waals surface area contributed by atoms with Crippen LogP contribution >= 0.6 is 0 Å². The van der Waals surface area contributed by atoms with Crippen molar-refractivity contribution in [2.75, 3.05) is 0 Å². The molecule has 0 aliphatic rings. The lowest BCUT2D eigenvalue weighted by atomic mass is 10.0. The van der Waals surface area contributed by atoms with Crippen LogP contribution in [0.1, 0.15) is 40.3 Å². The number of hydrogen-bond acceptors (Lipinski definition) is 0. The SMILES string of the molecule is CCc1ccc(C#Cc2ccc3c(F)c(C#Cc4cc(F)c(C(F)(F)F)c(F)c4)ccc3c2)cc1. The fourth-order valence-corrected chi connectivity index (χ4v) is 3.49. The van der Waals surface area contributed by atoms with Gasteiger partial charge >= 0.3 is 6.18 Å². The number of halogens is 6. The van der Waals surface area contributed by atoms with E-state index in [4.69, 9.17) is 0 Å². The predicted octanol–water partition coefficient (Wildman–Crippen LogP) is 7.64. The first-order chi connectivity index (χ1) is 16.7. The van der Waals surface area contributed by atoms with Gasteiger partial charge in [-0.25, -0.2) is 13.2 Å².